The van der Waals surface area contributed by atoms with Gasteiger partial charge in [-0.15, -0.1) is 6.42 Å². The monoisotopic (exact) mass is 347 g/mol. The van der Waals surface area contributed by atoms with Crippen molar-refractivity contribution in [3.63, 3.8) is 0 Å². The first-order chi connectivity index (χ1) is 11.1. The lowest BCUT2D eigenvalue weighted by Gasteiger charge is -2.08. The van der Waals surface area contributed by atoms with Crippen LogP contribution in [0.5, 0.6) is 5.75 Å². The summed E-state index contributed by atoms with van der Waals surface area (Å²) in [5, 5.41) is 4.60. The van der Waals surface area contributed by atoms with Crippen LogP contribution in [-0.4, -0.2) is 18.8 Å². The maximum Gasteiger partial charge on any atom is 0.343 e. The van der Waals surface area contributed by atoms with Gasteiger partial charge in [-0.25, -0.2) is 4.79 Å². The van der Waals surface area contributed by atoms with Crippen LogP contribution in [-0.2, 0) is 4.84 Å². The van der Waals surface area contributed by atoms with Crippen molar-refractivity contribution in [2.45, 2.75) is 0 Å². The molecule has 0 radical (unpaired) electrons. The van der Waals surface area contributed by atoms with Crippen molar-refractivity contribution in [3.8, 4) is 18.1 Å². The molecule has 2 rings (SSSR count). The predicted octanol–water partition coefficient (Wildman–Crippen LogP) is 4.20. The van der Waals surface area contributed by atoms with E-state index in [1.54, 1.807) is 36.4 Å². The number of benzene rings is 2. The molecule has 6 heteroatoms. The van der Waals surface area contributed by atoms with Gasteiger partial charge in [0.15, 0.2) is 6.61 Å². The molecule has 0 saturated heterocycles. The molecule has 2 aromatic rings. The molecule has 4 nitrogen and oxygen atoms in total. The van der Waals surface area contributed by atoms with Gasteiger partial charge in [-0.1, -0.05) is 40.3 Å². The lowest BCUT2D eigenvalue weighted by Crippen LogP contribution is -2.09. The van der Waals surface area contributed by atoms with Crippen LogP contribution in [0.2, 0.25) is 10.0 Å². The second-order valence-electron chi connectivity index (χ2n) is 4.29. The molecule has 0 aromatic heterocycles. The minimum atomic E-state index is -0.547. The van der Waals surface area contributed by atoms with Gasteiger partial charge >= 0.3 is 5.97 Å². The molecular formula is C17H11Cl2NO3. The SMILES string of the molecule is C#CCO/N=C/c1cc(Cl)ccc1OC(=O)c1cccc(Cl)c1. The van der Waals surface area contributed by atoms with Crippen molar-refractivity contribution < 1.29 is 14.4 Å². The van der Waals surface area contributed by atoms with Gasteiger partial charge in [0.25, 0.3) is 0 Å². The highest BCUT2D eigenvalue weighted by molar-refractivity contribution is 6.31. The average molecular weight is 348 g/mol. The minimum absolute atomic E-state index is 0.0364. The number of hydrogen-bond donors (Lipinski definition) is 0. The zero-order valence-electron chi connectivity index (χ0n) is 11.8. The Morgan fingerprint density at radius 2 is 2.00 bits per heavy atom. The lowest BCUT2D eigenvalue weighted by molar-refractivity contribution is 0.0734. The molecule has 0 aliphatic carbocycles. The molecule has 0 saturated carbocycles. The predicted molar refractivity (Wildman–Crippen MR) is 90.2 cm³/mol. The zero-order chi connectivity index (χ0) is 16.7. The Labute approximate surface area is 143 Å². The molecule has 116 valence electrons. The lowest BCUT2D eigenvalue weighted by atomic mass is 10.2. The largest absolute Gasteiger partial charge is 0.422 e. The fourth-order valence-corrected chi connectivity index (χ4v) is 2.03. The van der Waals surface area contributed by atoms with Gasteiger partial charge in [-0.3, -0.25) is 0 Å². The first-order valence-electron chi connectivity index (χ1n) is 6.46. The normalized spacial score (nSPS) is 10.3. The summed E-state index contributed by atoms with van der Waals surface area (Å²) in [6.45, 7) is 0.0364. The molecule has 0 unspecified atom stereocenters. The van der Waals surface area contributed by atoms with Crippen LogP contribution in [0.1, 0.15) is 15.9 Å². The highest BCUT2D eigenvalue weighted by atomic mass is 35.5. The maximum atomic E-state index is 12.2. The summed E-state index contributed by atoms with van der Waals surface area (Å²) in [7, 11) is 0. The second-order valence-corrected chi connectivity index (χ2v) is 5.17. The third-order valence-corrected chi connectivity index (χ3v) is 3.12. The minimum Gasteiger partial charge on any atom is -0.422 e. The number of oxime groups is 1. The molecule has 0 fully saturated rings. The summed E-state index contributed by atoms with van der Waals surface area (Å²) < 4.78 is 5.36. The van der Waals surface area contributed by atoms with E-state index in [1.165, 1.54) is 12.3 Å². The standard InChI is InChI=1S/C17H11Cl2NO3/c1-2-8-22-20-11-13-10-15(19)6-7-16(13)23-17(21)12-4-3-5-14(18)9-12/h1,3-7,9-11H,8H2/b20-11+. The van der Waals surface area contributed by atoms with Gasteiger partial charge in [0.2, 0.25) is 0 Å². The number of carbonyl (C=O) groups excluding carboxylic acids is 1. The van der Waals surface area contributed by atoms with Gasteiger partial charge in [0, 0.05) is 15.6 Å². The van der Waals surface area contributed by atoms with Crippen LogP contribution in [0.15, 0.2) is 47.6 Å². The highest BCUT2D eigenvalue weighted by Gasteiger charge is 2.12. The Kier molecular flexibility index (Phi) is 6.04. The molecule has 0 spiro atoms. The summed E-state index contributed by atoms with van der Waals surface area (Å²) in [6, 6.07) is 11.2. The van der Waals surface area contributed by atoms with Crippen LogP contribution in [0.25, 0.3) is 0 Å². The Morgan fingerprint density at radius 3 is 2.74 bits per heavy atom. The number of rotatable bonds is 5. The van der Waals surface area contributed by atoms with Gasteiger partial charge < -0.3 is 9.57 Å². The number of halogens is 2. The van der Waals surface area contributed by atoms with Crippen LogP contribution in [0.3, 0.4) is 0 Å². The number of ether oxygens (including phenoxy) is 1. The third-order valence-electron chi connectivity index (χ3n) is 2.65. The van der Waals surface area contributed by atoms with E-state index in [0.29, 0.717) is 21.2 Å². The highest BCUT2D eigenvalue weighted by Crippen LogP contribution is 2.23. The van der Waals surface area contributed by atoms with Crippen molar-refractivity contribution >= 4 is 35.4 Å². The summed E-state index contributed by atoms with van der Waals surface area (Å²) in [5.41, 5.74) is 0.809. The van der Waals surface area contributed by atoms with Crippen LogP contribution in [0.4, 0.5) is 0 Å². The molecule has 0 bridgehead atoms. The number of nitrogens with zero attached hydrogens (tertiary/aromatic N) is 1. The Hall–Kier alpha value is -2.48. The topological polar surface area (TPSA) is 47.9 Å². The van der Waals surface area contributed by atoms with Crippen LogP contribution >= 0.6 is 23.2 Å². The van der Waals surface area contributed by atoms with Crippen molar-refractivity contribution in [1.82, 2.24) is 0 Å². The number of carbonyl (C=O) groups is 1. The molecular weight excluding hydrogens is 337 g/mol. The average Bonchev–Trinajstić information content (AvgIpc) is 2.54. The maximum absolute atomic E-state index is 12.2. The van der Waals surface area contributed by atoms with E-state index in [1.807, 2.05) is 0 Å². The molecule has 0 aliphatic rings. The van der Waals surface area contributed by atoms with E-state index in [4.69, 9.17) is 39.2 Å². The summed E-state index contributed by atoms with van der Waals surface area (Å²) in [4.78, 5) is 17.0. The van der Waals surface area contributed by atoms with Crippen LogP contribution in [0, 0.1) is 12.3 Å². The number of hydrogen-bond acceptors (Lipinski definition) is 4. The summed E-state index contributed by atoms with van der Waals surface area (Å²) in [5.74, 6) is 2.02. The summed E-state index contributed by atoms with van der Waals surface area (Å²) in [6.07, 6.45) is 6.42. The Bertz CT molecular complexity index is 782. The van der Waals surface area contributed by atoms with Gasteiger partial charge in [0.1, 0.15) is 5.75 Å². The summed E-state index contributed by atoms with van der Waals surface area (Å²) >= 11 is 11.8. The van der Waals surface area contributed by atoms with E-state index >= 15 is 0 Å². The molecule has 0 amide bonds. The second kappa shape index (κ2) is 8.23. The zero-order valence-corrected chi connectivity index (χ0v) is 13.3. The molecule has 0 heterocycles. The Balaban J connectivity index is 2.20. The molecule has 2 aromatic carbocycles. The van der Waals surface area contributed by atoms with Gasteiger partial charge in [-0.2, -0.15) is 0 Å². The quantitative estimate of drug-likeness (QED) is 0.203. The van der Waals surface area contributed by atoms with E-state index in [0.717, 1.165) is 0 Å². The fourth-order valence-electron chi connectivity index (χ4n) is 1.66. The van der Waals surface area contributed by atoms with Crippen molar-refractivity contribution in [2.75, 3.05) is 6.61 Å². The molecule has 23 heavy (non-hydrogen) atoms. The van der Waals surface area contributed by atoms with Crippen molar-refractivity contribution in [2.24, 2.45) is 5.16 Å². The molecule has 0 N–H and O–H groups in total. The number of esters is 1. The van der Waals surface area contributed by atoms with E-state index < -0.39 is 5.97 Å². The van der Waals surface area contributed by atoms with Crippen molar-refractivity contribution in [3.05, 3.63) is 63.6 Å². The third kappa shape index (κ3) is 5.03. The Morgan fingerprint density at radius 1 is 1.22 bits per heavy atom. The number of terminal acetylenes is 1. The smallest absolute Gasteiger partial charge is 0.343 e. The molecule has 0 atom stereocenters. The van der Waals surface area contributed by atoms with Crippen LogP contribution < -0.4 is 4.74 Å². The van der Waals surface area contributed by atoms with E-state index in [2.05, 4.69) is 11.1 Å². The van der Waals surface area contributed by atoms with Gasteiger partial charge in [-0.05, 0) is 36.4 Å². The fraction of sp³-hybridized carbons (Fsp3) is 0.0588. The first kappa shape index (κ1) is 16.9. The van der Waals surface area contributed by atoms with Crippen molar-refractivity contribution in [1.29, 1.82) is 0 Å². The first-order valence-corrected chi connectivity index (χ1v) is 7.22. The van der Waals surface area contributed by atoms with E-state index in [9.17, 15) is 4.79 Å². The van der Waals surface area contributed by atoms with E-state index in [-0.39, 0.29) is 12.4 Å². The van der Waals surface area contributed by atoms with Gasteiger partial charge in [0.05, 0.1) is 11.8 Å². The molecule has 0 aliphatic heterocycles.